The van der Waals surface area contributed by atoms with E-state index in [-0.39, 0.29) is 0 Å². The third-order valence-electron chi connectivity index (χ3n) is 2.90. The van der Waals surface area contributed by atoms with E-state index in [1.807, 2.05) is 7.05 Å². The van der Waals surface area contributed by atoms with Crippen molar-refractivity contribution in [3.05, 3.63) is 35.5 Å². The van der Waals surface area contributed by atoms with Gasteiger partial charge in [-0.25, -0.2) is 0 Å². The van der Waals surface area contributed by atoms with E-state index in [9.17, 15) is 0 Å². The number of H-pyrrole nitrogens is 1. The van der Waals surface area contributed by atoms with Crippen LogP contribution in [0.2, 0.25) is 0 Å². The van der Waals surface area contributed by atoms with Gasteiger partial charge in [-0.1, -0.05) is 18.2 Å². The Morgan fingerprint density at radius 2 is 2.20 bits per heavy atom. The first kappa shape index (κ1) is 10.2. The number of rotatable bonds is 3. The summed E-state index contributed by atoms with van der Waals surface area (Å²) in [4.78, 5) is 3.43. The minimum atomic E-state index is 0.513. The van der Waals surface area contributed by atoms with Crippen molar-refractivity contribution < 1.29 is 0 Å². The van der Waals surface area contributed by atoms with Crippen LogP contribution >= 0.6 is 0 Å². The number of hydrogen-bond donors (Lipinski definition) is 2. The topological polar surface area (TPSA) is 27.8 Å². The van der Waals surface area contributed by atoms with Crippen LogP contribution in [-0.4, -0.2) is 18.1 Å². The fraction of sp³-hybridized carbons (Fsp3) is 0.385. The molecule has 80 valence electrons. The summed E-state index contributed by atoms with van der Waals surface area (Å²) in [5.41, 5.74) is 3.91. The van der Waals surface area contributed by atoms with Gasteiger partial charge in [-0.15, -0.1) is 0 Å². The summed E-state index contributed by atoms with van der Waals surface area (Å²) in [6, 6.07) is 9.20. The summed E-state index contributed by atoms with van der Waals surface area (Å²) < 4.78 is 0. The molecule has 1 unspecified atom stereocenters. The van der Waals surface area contributed by atoms with E-state index in [1.165, 1.54) is 22.2 Å². The number of fused-ring (bicyclic) bond motifs is 1. The summed E-state index contributed by atoms with van der Waals surface area (Å²) >= 11 is 0. The smallest absolute Gasteiger partial charge is 0.0489 e. The molecule has 1 heterocycles. The van der Waals surface area contributed by atoms with Gasteiger partial charge in [-0.3, -0.25) is 0 Å². The quantitative estimate of drug-likeness (QED) is 0.786. The molecule has 2 N–H and O–H groups in total. The van der Waals surface area contributed by atoms with Crippen LogP contribution in [0, 0.1) is 6.92 Å². The average molecular weight is 202 g/mol. The summed E-state index contributed by atoms with van der Waals surface area (Å²) in [6.45, 7) is 4.31. The maximum Gasteiger partial charge on any atom is 0.0489 e. The van der Waals surface area contributed by atoms with E-state index in [2.05, 4.69) is 48.4 Å². The molecule has 0 fully saturated rings. The lowest BCUT2D eigenvalue weighted by Gasteiger charge is -2.10. The normalized spacial score (nSPS) is 13.3. The third kappa shape index (κ3) is 2.05. The third-order valence-corrected chi connectivity index (χ3v) is 2.90. The van der Waals surface area contributed by atoms with Crippen molar-refractivity contribution in [1.29, 1.82) is 0 Å². The van der Waals surface area contributed by atoms with Crippen molar-refractivity contribution in [3.63, 3.8) is 0 Å². The average Bonchev–Trinajstić information content (AvgIpc) is 2.59. The lowest BCUT2D eigenvalue weighted by Crippen LogP contribution is -2.23. The molecule has 0 radical (unpaired) electrons. The Hall–Kier alpha value is -1.28. The van der Waals surface area contributed by atoms with Crippen molar-refractivity contribution >= 4 is 10.9 Å². The lowest BCUT2D eigenvalue weighted by molar-refractivity contribution is 0.610. The van der Waals surface area contributed by atoms with Gasteiger partial charge in [0, 0.05) is 17.3 Å². The minimum absolute atomic E-state index is 0.513. The van der Waals surface area contributed by atoms with Crippen molar-refractivity contribution in [3.8, 4) is 0 Å². The summed E-state index contributed by atoms with van der Waals surface area (Å²) in [5.74, 6) is 0. The zero-order valence-corrected chi connectivity index (χ0v) is 9.59. The van der Waals surface area contributed by atoms with Crippen LogP contribution in [-0.2, 0) is 6.42 Å². The zero-order chi connectivity index (χ0) is 10.8. The second kappa shape index (κ2) is 4.07. The van der Waals surface area contributed by atoms with E-state index in [1.54, 1.807) is 0 Å². The molecule has 0 amide bonds. The van der Waals surface area contributed by atoms with Gasteiger partial charge in [0.25, 0.3) is 0 Å². The van der Waals surface area contributed by atoms with E-state index >= 15 is 0 Å². The van der Waals surface area contributed by atoms with Crippen LogP contribution in [0.1, 0.15) is 18.2 Å². The largest absolute Gasteiger partial charge is 0.358 e. The molecule has 1 aromatic heterocycles. The molecule has 1 atom stereocenters. The second-order valence-corrected chi connectivity index (χ2v) is 4.23. The monoisotopic (exact) mass is 202 g/mol. The molecule has 0 bridgehead atoms. The van der Waals surface area contributed by atoms with Gasteiger partial charge in [0.1, 0.15) is 0 Å². The van der Waals surface area contributed by atoms with Crippen LogP contribution < -0.4 is 5.32 Å². The molecule has 0 spiro atoms. The number of likely N-dealkylation sites (N-methyl/N-ethyl adjacent to an activating group) is 1. The number of aromatic amines is 1. The van der Waals surface area contributed by atoms with Gasteiger partial charge in [-0.2, -0.15) is 0 Å². The molecule has 0 aliphatic heterocycles. The highest BCUT2D eigenvalue weighted by Gasteiger charge is 2.06. The zero-order valence-electron chi connectivity index (χ0n) is 9.59. The lowest BCUT2D eigenvalue weighted by atomic mass is 10.0. The number of aryl methyl sites for hydroxylation is 1. The molecule has 0 saturated heterocycles. The maximum atomic E-state index is 3.43. The van der Waals surface area contributed by atoms with E-state index < -0.39 is 0 Å². The first-order chi connectivity index (χ1) is 7.20. The standard InChI is InChI=1S/C13H18N2/c1-9(14-3)7-11-5-4-6-12-8-10(2)15-13(11)12/h4-6,8-9,14-15H,7H2,1-3H3. The SMILES string of the molecule is CNC(C)Cc1cccc2cc(C)[nH]c12. The van der Waals surface area contributed by atoms with Gasteiger partial charge in [0.2, 0.25) is 0 Å². The number of para-hydroxylation sites is 1. The molecule has 0 aliphatic rings. The Morgan fingerprint density at radius 3 is 2.93 bits per heavy atom. The van der Waals surface area contributed by atoms with Crippen molar-refractivity contribution in [2.75, 3.05) is 7.05 Å². The fourth-order valence-corrected chi connectivity index (χ4v) is 1.96. The van der Waals surface area contributed by atoms with E-state index in [4.69, 9.17) is 0 Å². The molecule has 2 rings (SSSR count). The fourth-order valence-electron chi connectivity index (χ4n) is 1.96. The van der Waals surface area contributed by atoms with Gasteiger partial charge in [0.05, 0.1) is 0 Å². The summed E-state index contributed by atoms with van der Waals surface area (Å²) in [7, 11) is 2.00. The predicted octanol–water partition coefficient (Wildman–Crippen LogP) is 2.63. The van der Waals surface area contributed by atoms with Crippen LogP contribution in [0.5, 0.6) is 0 Å². The van der Waals surface area contributed by atoms with E-state index in [0.717, 1.165) is 6.42 Å². The first-order valence-corrected chi connectivity index (χ1v) is 5.45. The summed E-state index contributed by atoms with van der Waals surface area (Å²) in [6.07, 6.45) is 1.06. The highest BCUT2D eigenvalue weighted by molar-refractivity contribution is 5.83. The Balaban J connectivity index is 2.41. The van der Waals surface area contributed by atoms with Crippen molar-refractivity contribution in [2.24, 2.45) is 0 Å². The number of benzene rings is 1. The van der Waals surface area contributed by atoms with E-state index in [0.29, 0.717) is 6.04 Å². The molecule has 1 aromatic carbocycles. The van der Waals surface area contributed by atoms with Gasteiger partial charge in [-0.05, 0) is 44.3 Å². The highest BCUT2D eigenvalue weighted by Crippen LogP contribution is 2.20. The van der Waals surface area contributed by atoms with Crippen molar-refractivity contribution in [2.45, 2.75) is 26.3 Å². The van der Waals surface area contributed by atoms with Crippen LogP contribution in [0.25, 0.3) is 10.9 Å². The number of nitrogens with one attached hydrogen (secondary N) is 2. The maximum absolute atomic E-state index is 3.43. The van der Waals surface area contributed by atoms with Gasteiger partial charge < -0.3 is 10.3 Å². The predicted molar refractivity (Wildman–Crippen MR) is 65.3 cm³/mol. The Labute approximate surface area is 90.7 Å². The molecule has 0 aliphatic carbocycles. The molecule has 2 nitrogen and oxygen atoms in total. The molecular weight excluding hydrogens is 184 g/mol. The van der Waals surface area contributed by atoms with Crippen molar-refractivity contribution in [1.82, 2.24) is 10.3 Å². The number of hydrogen-bond acceptors (Lipinski definition) is 1. The molecule has 15 heavy (non-hydrogen) atoms. The van der Waals surface area contributed by atoms with Crippen LogP contribution in [0.15, 0.2) is 24.3 Å². The Kier molecular flexibility index (Phi) is 2.78. The Bertz CT molecular complexity index is 457. The van der Waals surface area contributed by atoms with Crippen LogP contribution in [0.3, 0.4) is 0 Å². The highest BCUT2D eigenvalue weighted by atomic mass is 14.8. The summed E-state index contributed by atoms with van der Waals surface area (Å²) in [5, 5.41) is 4.58. The minimum Gasteiger partial charge on any atom is -0.358 e. The molecule has 0 saturated carbocycles. The number of aromatic nitrogens is 1. The molecule has 2 aromatic rings. The van der Waals surface area contributed by atoms with Gasteiger partial charge >= 0.3 is 0 Å². The second-order valence-electron chi connectivity index (χ2n) is 4.23. The first-order valence-electron chi connectivity index (χ1n) is 5.45. The molecular formula is C13H18N2. The molecule has 2 heteroatoms. The van der Waals surface area contributed by atoms with Crippen LogP contribution in [0.4, 0.5) is 0 Å². The van der Waals surface area contributed by atoms with Gasteiger partial charge in [0.15, 0.2) is 0 Å². The Morgan fingerprint density at radius 1 is 1.40 bits per heavy atom.